The Morgan fingerprint density at radius 2 is 2.25 bits per heavy atom. The first-order chi connectivity index (χ1) is 5.57. The predicted molar refractivity (Wildman–Crippen MR) is 48.0 cm³/mol. The van der Waals surface area contributed by atoms with Crippen molar-refractivity contribution < 1.29 is 9.90 Å². The van der Waals surface area contributed by atoms with E-state index in [1.807, 2.05) is 11.9 Å². The Balaban J connectivity index is 3.53. The molecule has 0 aliphatic heterocycles. The Bertz CT molecular complexity index is 139. The summed E-state index contributed by atoms with van der Waals surface area (Å²) in [7, 11) is 1.91. The maximum Gasteiger partial charge on any atom is 0.307 e. The van der Waals surface area contributed by atoms with E-state index in [1.165, 1.54) is 0 Å². The summed E-state index contributed by atoms with van der Waals surface area (Å²) in [5.74, 6) is -1.04. The lowest BCUT2D eigenvalue weighted by molar-refractivity contribution is -0.141. The van der Waals surface area contributed by atoms with Gasteiger partial charge in [0.1, 0.15) is 0 Å². The maximum absolute atomic E-state index is 10.5. The monoisotopic (exact) mass is 174 g/mol. The lowest BCUT2D eigenvalue weighted by Crippen LogP contribution is -2.30. The summed E-state index contributed by atoms with van der Waals surface area (Å²) in [5.41, 5.74) is 5.32. The first-order valence-electron chi connectivity index (χ1n) is 4.19. The molecule has 1 atom stereocenters. The zero-order valence-corrected chi connectivity index (χ0v) is 7.79. The van der Waals surface area contributed by atoms with E-state index in [4.69, 9.17) is 10.8 Å². The van der Waals surface area contributed by atoms with Crippen molar-refractivity contribution >= 4 is 5.97 Å². The fraction of sp³-hybridized carbons (Fsp3) is 0.875. The quantitative estimate of drug-likeness (QED) is 0.594. The molecule has 0 rings (SSSR count). The van der Waals surface area contributed by atoms with Crippen LogP contribution >= 0.6 is 0 Å². The number of nitrogens with two attached hydrogens (primary N) is 1. The van der Waals surface area contributed by atoms with Gasteiger partial charge in [0.25, 0.3) is 0 Å². The van der Waals surface area contributed by atoms with Crippen LogP contribution in [0, 0.1) is 5.92 Å². The molecule has 0 saturated heterocycles. The smallest absolute Gasteiger partial charge is 0.307 e. The van der Waals surface area contributed by atoms with Crippen LogP contribution in [0.1, 0.15) is 13.3 Å². The normalized spacial score (nSPS) is 13.3. The van der Waals surface area contributed by atoms with Crippen molar-refractivity contribution in [2.75, 3.05) is 26.7 Å². The molecule has 0 aromatic carbocycles. The molecular weight excluding hydrogens is 156 g/mol. The van der Waals surface area contributed by atoms with Gasteiger partial charge >= 0.3 is 5.97 Å². The number of nitrogens with zero attached hydrogens (tertiary/aromatic N) is 1. The third-order valence-corrected chi connectivity index (χ3v) is 1.75. The highest BCUT2D eigenvalue weighted by atomic mass is 16.4. The molecular formula is C8H18N2O2. The van der Waals surface area contributed by atoms with Crippen molar-refractivity contribution in [1.82, 2.24) is 4.90 Å². The largest absolute Gasteiger partial charge is 0.481 e. The van der Waals surface area contributed by atoms with Crippen molar-refractivity contribution in [3.05, 3.63) is 0 Å². The fourth-order valence-electron chi connectivity index (χ4n) is 0.998. The van der Waals surface area contributed by atoms with E-state index < -0.39 is 5.97 Å². The molecule has 0 amide bonds. The van der Waals surface area contributed by atoms with E-state index in [0.29, 0.717) is 13.1 Å². The summed E-state index contributed by atoms with van der Waals surface area (Å²) < 4.78 is 0. The van der Waals surface area contributed by atoms with E-state index in [2.05, 4.69) is 0 Å². The van der Waals surface area contributed by atoms with Gasteiger partial charge in [-0.1, -0.05) is 6.92 Å². The second-order valence-electron chi connectivity index (χ2n) is 3.14. The van der Waals surface area contributed by atoms with Gasteiger partial charge in [-0.25, -0.2) is 0 Å². The Morgan fingerprint density at radius 3 is 2.67 bits per heavy atom. The van der Waals surface area contributed by atoms with Crippen LogP contribution in [0.25, 0.3) is 0 Å². The minimum absolute atomic E-state index is 0.298. The van der Waals surface area contributed by atoms with Gasteiger partial charge in [-0.2, -0.15) is 0 Å². The number of rotatable bonds is 6. The summed E-state index contributed by atoms with van der Waals surface area (Å²) in [6.45, 7) is 3.83. The molecule has 0 aromatic rings. The van der Waals surface area contributed by atoms with Crippen LogP contribution < -0.4 is 5.73 Å². The van der Waals surface area contributed by atoms with E-state index in [1.54, 1.807) is 6.92 Å². The summed E-state index contributed by atoms with van der Waals surface area (Å²) >= 11 is 0. The molecule has 12 heavy (non-hydrogen) atoms. The summed E-state index contributed by atoms with van der Waals surface area (Å²) in [5, 5.41) is 8.60. The van der Waals surface area contributed by atoms with E-state index in [0.717, 1.165) is 13.0 Å². The molecule has 0 heterocycles. The number of aliphatic carboxylic acids is 1. The van der Waals surface area contributed by atoms with Crippen LogP contribution in [0.3, 0.4) is 0 Å². The number of carbonyl (C=O) groups is 1. The molecule has 3 N–H and O–H groups in total. The highest BCUT2D eigenvalue weighted by Gasteiger charge is 2.12. The zero-order chi connectivity index (χ0) is 9.56. The molecule has 0 saturated carbocycles. The summed E-state index contributed by atoms with van der Waals surface area (Å²) in [6, 6.07) is 0. The Hall–Kier alpha value is -0.610. The molecule has 72 valence electrons. The fourth-order valence-corrected chi connectivity index (χ4v) is 0.998. The van der Waals surface area contributed by atoms with Crippen LogP contribution in [0.4, 0.5) is 0 Å². The average Bonchev–Trinajstić information content (AvgIpc) is 2.00. The second kappa shape index (κ2) is 5.97. The lowest BCUT2D eigenvalue weighted by Gasteiger charge is -2.18. The molecule has 0 spiro atoms. The Labute approximate surface area is 73.3 Å². The van der Waals surface area contributed by atoms with Gasteiger partial charge in [-0.05, 0) is 26.6 Å². The standard InChI is InChI=1S/C8H18N2O2/c1-7(8(11)12)6-10(2)5-3-4-9/h7H,3-6,9H2,1-2H3,(H,11,12). The van der Waals surface area contributed by atoms with Crippen molar-refractivity contribution in [2.45, 2.75) is 13.3 Å². The minimum Gasteiger partial charge on any atom is -0.481 e. The van der Waals surface area contributed by atoms with Gasteiger partial charge in [0, 0.05) is 6.54 Å². The third kappa shape index (κ3) is 5.09. The molecule has 4 nitrogen and oxygen atoms in total. The van der Waals surface area contributed by atoms with Crippen LogP contribution in [0.5, 0.6) is 0 Å². The first kappa shape index (κ1) is 11.4. The minimum atomic E-state index is -0.741. The van der Waals surface area contributed by atoms with Crippen LogP contribution in [0.2, 0.25) is 0 Å². The highest BCUT2D eigenvalue weighted by molar-refractivity contribution is 5.69. The Kier molecular flexibility index (Phi) is 5.66. The zero-order valence-electron chi connectivity index (χ0n) is 7.79. The number of hydrogen-bond donors (Lipinski definition) is 2. The van der Waals surface area contributed by atoms with Crippen molar-refractivity contribution in [2.24, 2.45) is 11.7 Å². The van der Waals surface area contributed by atoms with E-state index in [-0.39, 0.29) is 5.92 Å². The first-order valence-corrected chi connectivity index (χ1v) is 4.19. The lowest BCUT2D eigenvalue weighted by atomic mass is 10.2. The summed E-state index contributed by atoms with van der Waals surface area (Å²) in [4.78, 5) is 12.4. The molecule has 0 aromatic heterocycles. The van der Waals surface area contributed by atoms with Gasteiger partial charge in [0.05, 0.1) is 5.92 Å². The van der Waals surface area contributed by atoms with Crippen molar-refractivity contribution in [1.29, 1.82) is 0 Å². The molecule has 0 aliphatic rings. The molecule has 0 radical (unpaired) electrons. The van der Waals surface area contributed by atoms with Crippen LogP contribution in [-0.4, -0.2) is 42.7 Å². The van der Waals surface area contributed by atoms with E-state index in [9.17, 15) is 4.79 Å². The average molecular weight is 174 g/mol. The van der Waals surface area contributed by atoms with E-state index >= 15 is 0 Å². The van der Waals surface area contributed by atoms with Gasteiger partial charge in [-0.3, -0.25) is 4.79 Å². The SMILES string of the molecule is CC(CN(C)CCCN)C(=O)O. The number of carboxylic acids is 1. The second-order valence-corrected chi connectivity index (χ2v) is 3.14. The number of hydrogen-bond acceptors (Lipinski definition) is 3. The van der Waals surface area contributed by atoms with Gasteiger partial charge in [-0.15, -0.1) is 0 Å². The molecule has 0 fully saturated rings. The Morgan fingerprint density at radius 1 is 1.67 bits per heavy atom. The molecule has 0 bridgehead atoms. The topological polar surface area (TPSA) is 66.6 Å². The van der Waals surface area contributed by atoms with Crippen molar-refractivity contribution in [3.8, 4) is 0 Å². The highest BCUT2D eigenvalue weighted by Crippen LogP contribution is 1.98. The van der Waals surface area contributed by atoms with Crippen molar-refractivity contribution in [3.63, 3.8) is 0 Å². The molecule has 0 aliphatic carbocycles. The maximum atomic E-state index is 10.5. The molecule has 4 heteroatoms. The van der Waals surface area contributed by atoms with Crippen LogP contribution in [0.15, 0.2) is 0 Å². The molecule has 1 unspecified atom stereocenters. The summed E-state index contributed by atoms with van der Waals surface area (Å²) in [6.07, 6.45) is 0.919. The van der Waals surface area contributed by atoms with Crippen LogP contribution in [-0.2, 0) is 4.79 Å². The number of carboxylic acid groups (broad SMARTS) is 1. The third-order valence-electron chi connectivity index (χ3n) is 1.75. The van der Waals surface area contributed by atoms with Gasteiger partial charge in [0.15, 0.2) is 0 Å². The van der Waals surface area contributed by atoms with Gasteiger partial charge in [0.2, 0.25) is 0 Å². The van der Waals surface area contributed by atoms with Gasteiger partial charge < -0.3 is 15.7 Å². The predicted octanol–water partition coefficient (Wildman–Crippen LogP) is -0.0123.